The van der Waals surface area contributed by atoms with E-state index in [4.69, 9.17) is 4.52 Å². The highest BCUT2D eigenvalue weighted by molar-refractivity contribution is 7.14. The lowest BCUT2D eigenvalue weighted by molar-refractivity contribution is 0.102. The van der Waals surface area contributed by atoms with Crippen LogP contribution in [0.2, 0.25) is 0 Å². The van der Waals surface area contributed by atoms with Crippen molar-refractivity contribution in [1.29, 1.82) is 0 Å². The van der Waals surface area contributed by atoms with Gasteiger partial charge < -0.3 is 9.84 Å². The number of nitrogens with zero attached hydrogens (tertiary/aromatic N) is 3. The zero-order chi connectivity index (χ0) is 16.5. The predicted octanol–water partition coefficient (Wildman–Crippen LogP) is 3.91. The number of anilines is 1. The van der Waals surface area contributed by atoms with Gasteiger partial charge in [0.1, 0.15) is 10.6 Å². The van der Waals surface area contributed by atoms with Crippen LogP contribution >= 0.6 is 11.3 Å². The van der Waals surface area contributed by atoms with E-state index >= 15 is 0 Å². The summed E-state index contributed by atoms with van der Waals surface area (Å²) in [5.41, 5.74) is 1.76. The quantitative estimate of drug-likeness (QED) is 0.613. The molecular weight excluding hydrogens is 324 g/mol. The minimum absolute atomic E-state index is 0.281. The van der Waals surface area contributed by atoms with Crippen molar-refractivity contribution in [3.05, 3.63) is 59.4 Å². The molecule has 24 heavy (non-hydrogen) atoms. The number of carbonyl (C=O) groups excluding carboxylic acids is 1. The Morgan fingerprint density at radius 1 is 1.12 bits per heavy atom. The summed E-state index contributed by atoms with van der Waals surface area (Å²) in [5, 5.41) is 9.49. The van der Waals surface area contributed by atoms with E-state index in [2.05, 4.69) is 20.4 Å². The van der Waals surface area contributed by atoms with Gasteiger partial charge in [-0.15, -0.1) is 11.3 Å². The largest absolute Gasteiger partial charge is 0.333 e. The molecule has 4 rings (SSSR count). The van der Waals surface area contributed by atoms with Crippen molar-refractivity contribution in [3.63, 3.8) is 0 Å². The van der Waals surface area contributed by atoms with E-state index in [-0.39, 0.29) is 5.91 Å². The van der Waals surface area contributed by atoms with Gasteiger partial charge in [-0.25, -0.2) is 4.98 Å². The van der Waals surface area contributed by atoms with E-state index in [1.165, 1.54) is 11.3 Å². The zero-order valence-corrected chi connectivity index (χ0v) is 13.5. The van der Waals surface area contributed by atoms with Crippen molar-refractivity contribution < 1.29 is 9.32 Å². The Kier molecular flexibility index (Phi) is 3.55. The molecule has 0 fully saturated rings. The molecule has 4 aromatic rings. The standard InChI is InChI=1S/C17H12N4O2S/c1-10-18-17(23-21-10)15-13(8-9-24-15)20-16(22)14-7-6-11-4-2-3-5-12(11)19-14/h2-9H,1H3,(H,20,22). The molecule has 0 saturated heterocycles. The van der Waals surface area contributed by atoms with Crippen molar-refractivity contribution >= 4 is 33.8 Å². The average Bonchev–Trinajstić information content (AvgIpc) is 3.23. The van der Waals surface area contributed by atoms with Crippen LogP contribution in [0.5, 0.6) is 0 Å². The van der Waals surface area contributed by atoms with E-state index in [9.17, 15) is 4.79 Å². The van der Waals surface area contributed by atoms with Crippen LogP contribution < -0.4 is 5.32 Å². The second-order valence-electron chi connectivity index (χ2n) is 5.15. The molecule has 0 aliphatic heterocycles. The normalized spacial score (nSPS) is 10.9. The third-order valence-corrected chi connectivity index (χ3v) is 4.37. The Labute approximate surface area is 141 Å². The highest BCUT2D eigenvalue weighted by Crippen LogP contribution is 2.32. The fourth-order valence-corrected chi connectivity index (χ4v) is 3.11. The van der Waals surface area contributed by atoms with Crippen LogP contribution in [0.4, 0.5) is 5.69 Å². The summed E-state index contributed by atoms with van der Waals surface area (Å²) in [7, 11) is 0. The molecule has 3 aromatic heterocycles. The van der Waals surface area contributed by atoms with Crippen molar-refractivity contribution in [2.24, 2.45) is 0 Å². The second kappa shape index (κ2) is 5.86. The van der Waals surface area contributed by atoms with E-state index in [1.54, 1.807) is 19.1 Å². The molecule has 0 spiro atoms. The minimum atomic E-state index is -0.281. The zero-order valence-electron chi connectivity index (χ0n) is 12.7. The number of carbonyl (C=O) groups is 1. The van der Waals surface area contributed by atoms with Gasteiger partial charge in [0.2, 0.25) is 0 Å². The van der Waals surface area contributed by atoms with Gasteiger partial charge >= 0.3 is 0 Å². The maximum atomic E-state index is 12.5. The summed E-state index contributed by atoms with van der Waals surface area (Å²) in [5.74, 6) is 0.660. The predicted molar refractivity (Wildman–Crippen MR) is 92.0 cm³/mol. The summed E-state index contributed by atoms with van der Waals surface area (Å²) in [6.45, 7) is 1.75. The van der Waals surface area contributed by atoms with Crippen LogP contribution in [0.15, 0.2) is 52.4 Å². The highest BCUT2D eigenvalue weighted by Gasteiger charge is 2.17. The fraction of sp³-hybridized carbons (Fsp3) is 0.0588. The summed E-state index contributed by atoms with van der Waals surface area (Å²) < 4.78 is 5.18. The van der Waals surface area contributed by atoms with Gasteiger partial charge in [0, 0.05) is 5.39 Å². The molecule has 0 aliphatic carbocycles. The van der Waals surface area contributed by atoms with Crippen LogP contribution in [-0.4, -0.2) is 21.0 Å². The first kappa shape index (κ1) is 14.5. The summed E-state index contributed by atoms with van der Waals surface area (Å²) in [6.07, 6.45) is 0. The lowest BCUT2D eigenvalue weighted by atomic mass is 10.2. The highest BCUT2D eigenvalue weighted by atomic mass is 32.1. The Bertz CT molecular complexity index is 1040. The van der Waals surface area contributed by atoms with Gasteiger partial charge in [0.05, 0.1) is 11.2 Å². The Morgan fingerprint density at radius 2 is 2.00 bits per heavy atom. The number of amides is 1. The molecule has 0 aliphatic rings. The molecule has 6 nitrogen and oxygen atoms in total. The van der Waals surface area contributed by atoms with Crippen LogP contribution in [0, 0.1) is 6.92 Å². The van der Waals surface area contributed by atoms with Crippen molar-refractivity contribution in [3.8, 4) is 10.8 Å². The number of rotatable bonds is 3. The Balaban J connectivity index is 1.63. The summed E-state index contributed by atoms with van der Waals surface area (Å²) in [4.78, 5) is 21.8. The number of benzene rings is 1. The lowest BCUT2D eigenvalue weighted by Crippen LogP contribution is -2.13. The molecule has 0 atom stereocenters. The molecule has 1 aromatic carbocycles. The molecular formula is C17H12N4O2S. The number of hydrogen-bond donors (Lipinski definition) is 1. The number of para-hydroxylation sites is 1. The fourth-order valence-electron chi connectivity index (χ4n) is 2.34. The first-order valence-electron chi connectivity index (χ1n) is 7.26. The molecule has 1 amide bonds. The van der Waals surface area contributed by atoms with Crippen LogP contribution in [0.1, 0.15) is 16.3 Å². The van der Waals surface area contributed by atoms with Crippen LogP contribution in [-0.2, 0) is 0 Å². The number of aromatic nitrogens is 3. The molecule has 118 valence electrons. The Morgan fingerprint density at radius 3 is 2.83 bits per heavy atom. The number of aryl methyl sites for hydroxylation is 1. The molecule has 1 N–H and O–H groups in total. The van der Waals surface area contributed by atoms with Gasteiger partial charge in [-0.05, 0) is 30.5 Å². The minimum Gasteiger partial charge on any atom is -0.333 e. The summed E-state index contributed by atoms with van der Waals surface area (Å²) >= 11 is 1.42. The second-order valence-corrected chi connectivity index (χ2v) is 6.07. The monoisotopic (exact) mass is 336 g/mol. The third-order valence-electron chi connectivity index (χ3n) is 3.47. The molecule has 3 heterocycles. The van der Waals surface area contributed by atoms with Crippen LogP contribution in [0.25, 0.3) is 21.7 Å². The smallest absolute Gasteiger partial charge is 0.274 e. The van der Waals surface area contributed by atoms with Crippen molar-refractivity contribution in [2.45, 2.75) is 6.92 Å². The average molecular weight is 336 g/mol. The molecule has 0 radical (unpaired) electrons. The number of pyridine rings is 1. The SMILES string of the molecule is Cc1noc(-c2sccc2NC(=O)c2ccc3ccccc3n2)n1. The number of thiophene rings is 1. The molecule has 0 bridgehead atoms. The number of hydrogen-bond acceptors (Lipinski definition) is 6. The van der Waals surface area contributed by atoms with E-state index in [0.717, 1.165) is 15.8 Å². The van der Waals surface area contributed by atoms with E-state index < -0.39 is 0 Å². The number of fused-ring (bicyclic) bond motifs is 1. The van der Waals surface area contributed by atoms with Gasteiger partial charge in [-0.1, -0.05) is 29.4 Å². The van der Waals surface area contributed by atoms with Gasteiger partial charge in [0.25, 0.3) is 11.8 Å². The third kappa shape index (κ3) is 2.65. The number of nitrogens with one attached hydrogen (secondary N) is 1. The lowest BCUT2D eigenvalue weighted by Gasteiger charge is -2.05. The van der Waals surface area contributed by atoms with E-state index in [0.29, 0.717) is 23.1 Å². The summed E-state index contributed by atoms with van der Waals surface area (Å²) in [6, 6.07) is 13.1. The molecule has 0 saturated carbocycles. The van der Waals surface area contributed by atoms with Crippen LogP contribution in [0.3, 0.4) is 0 Å². The first-order valence-corrected chi connectivity index (χ1v) is 8.14. The van der Waals surface area contributed by atoms with Crippen molar-refractivity contribution in [1.82, 2.24) is 15.1 Å². The Hall–Kier alpha value is -3.06. The maximum Gasteiger partial charge on any atom is 0.274 e. The van der Waals surface area contributed by atoms with E-state index in [1.807, 2.05) is 35.7 Å². The van der Waals surface area contributed by atoms with Gasteiger partial charge in [-0.2, -0.15) is 4.98 Å². The maximum absolute atomic E-state index is 12.5. The molecule has 0 unspecified atom stereocenters. The van der Waals surface area contributed by atoms with Gasteiger partial charge in [0.15, 0.2) is 5.82 Å². The molecule has 7 heteroatoms. The van der Waals surface area contributed by atoms with Gasteiger partial charge in [-0.3, -0.25) is 4.79 Å². The topological polar surface area (TPSA) is 80.9 Å². The first-order chi connectivity index (χ1) is 11.7. The van der Waals surface area contributed by atoms with Crippen molar-refractivity contribution in [2.75, 3.05) is 5.32 Å².